The number of aryl methyl sites for hydroxylation is 3. The standard InChI is InChI=1S/C23H28N2O4S2/c1-16-13-17(2)23(18(3)14-16)30-15-22(27)24-9-11-25(12-10-24)31(28,29)21-7-5-20(6-8-21)19(4)26/h5-8,13-14H,9-12,15H2,1-4H3. The van der Waals surface area contributed by atoms with Gasteiger partial charge >= 0.3 is 0 Å². The largest absolute Gasteiger partial charge is 0.339 e. The molecule has 0 atom stereocenters. The maximum Gasteiger partial charge on any atom is 0.243 e. The molecular weight excluding hydrogens is 432 g/mol. The highest BCUT2D eigenvalue weighted by molar-refractivity contribution is 8.00. The molecule has 0 radical (unpaired) electrons. The molecule has 1 heterocycles. The lowest BCUT2D eigenvalue weighted by atomic mass is 10.1. The summed E-state index contributed by atoms with van der Waals surface area (Å²) in [5.74, 6) is 0.251. The van der Waals surface area contributed by atoms with E-state index in [1.54, 1.807) is 16.7 Å². The second-order valence-electron chi connectivity index (χ2n) is 7.88. The van der Waals surface area contributed by atoms with E-state index in [0.717, 1.165) is 4.90 Å². The van der Waals surface area contributed by atoms with Crippen molar-refractivity contribution in [3.05, 3.63) is 58.7 Å². The average Bonchev–Trinajstić information content (AvgIpc) is 2.73. The molecule has 2 aromatic carbocycles. The molecule has 0 N–H and O–H groups in total. The lowest BCUT2D eigenvalue weighted by molar-refractivity contribution is -0.129. The van der Waals surface area contributed by atoms with Crippen LogP contribution < -0.4 is 0 Å². The molecule has 166 valence electrons. The summed E-state index contributed by atoms with van der Waals surface area (Å²) in [5.41, 5.74) is 4.02. The van der Waals surface area contributed by atoms with Gasteiger partial charge in [-0.1, -0.05) is 29.8 Å². The SMILES string of the molecule is CC(=O)c1ccc(S(=O)(=O)N2CCN(C(=O)CSc3c(C)cc(C)cc3C)CC2)cc1. The molecule has 0 aliphatic carbocycles. The molecule has 0 spiro atoms. The topological polar surface area (TPSA) is 74.8 Å². The van der Waals surface area contributed by atoms with Crippen LogP contribution in [0.4, 0.5) is 0 Å². The first-order valence-corrected chi connectivity index (χ1v) is 12.6. The average molecular weight is 461 g/mol. The minimum atomic E-state index is -3.65. The number of nitrogens with zero attached hydrogens (tertiary/aromatic N) is 2. The zero-order chi connectivity index (χ0) is 22.8. The van der Waals surface area contributed by atoms with Gasteiger partial charge in [-0.15, -0.1) is 11.8 Å². The number of hydrogen-bond acceptors (Lipinski definition) is 5. The highest BCUT2D eigenvalue weighted by Gasteiger charge is 2.30. The predicted octanol–water partition coefficient (Wildman–Crippen LogP) is 3.44. The summed E-state index contributed by atoms with van der Waals surface area (Å²) in [4.78, 5) is 27.1. The molecule has 6 nitrogen and oxygen atoms in total. The molecule has 0 bridgehead atoms. The highest BCUT2D eigenvalue weighted by Crippen LogP contribution is 2.28. The Bertz CT molecular complexity index is 1060. The van der Waals surface area contributed by atoms with Gasteiger partial charge in [-0.3, -0.25) is 9.59 Å². The zero-order valence-corrected chi connectivity index (χ0v) is 20.0. The summed E-state index contributed by atoms with van der Waals surface area (Å²) in [5, 5.41) is 0. The molecule has 1 fully saturated rings. The molecule has 1 amide bonds. The van der Waals surface area contributed by atoms with Crippen molar-refractivity contribution < 1.29 is 18.0 Å². The molecule has 0 unspecified atom stereocenters. The number of Topliss-reactive ketones (excluding diaryl/α,β-unsaturated/α-hetero) is 1. The number of piperazine rings is 1. The minimum Gasteiger partial charge on any atom is -0.339 e. The number of rotatable bonds is 6. The summed E-state index contributed by atoms with van der Waals surface area (Å²) in [6.45, 7) is 8.88. The number of hydrogen-bond donors (Lipinski definition) is 0. The van der Waals surface area contributed by atoms with Gasteiger partial charge < -0.3 is 4.90 Å². The van der Waals surface area contributed by atoms with Gasteiger partial charge in [-0.05, 0) is 51.0 Å². The number of amides is 1. The third kappa shape index (κ3) is 5.37. The van der Waals surface area contributed by atoms with E-state index in [-0.39, 0.29) is 29.7 Å². The van der Waals surface area contributed by atoms with Crippen molar-refractivity contribution in [1.29, 1.82) is 0 Å². The van der Waals surface area contributed by atoms with Crippen molar-refractivity contribution in [1.82, 2.24) is 9.21 Å². The third-order valence-corrected chi connectivity index (χ3v) is 8.67. The van der Waals surface area contributed by atoms with Crippen molar-refractivity contribution in [3.8, 4) is 0 Å². The van der Waals surface area contributed by atoms with Crippen LogP contribution in [0.3, 0.4) is 0 Å². The van der Waals surface area contributed by atoms with E-state index in [4.69, 9.17) is 0 Å². The van der Waals surface area contributed by atoms with E-state index < -0.39 is 10.0 Å². The van der Waals surface area contributed by atoms with Gasteiger partial charge in [-0.25, -0.2) is 8.42 Å². The summed E-state index contributed by atoms with van der Waals surface area (Å²) < 4.78 is 27.2. The summed E-state index contributed by atoms with van der Waals surface area (Å²) in [6.07, 6.45) is 0. The van der Waals surface area contributed by atoms with Crippen molar-refractivity contribution in [2.75, 3.05) is 31.9 Å². The van der Waals surface area contributed by atoms with Gasteiger partial charge in [0.2, 0.25) is 15.9 Å². The first-order valence-electron chi connectivity index (χ1n) is 10.2. The number of ketones is 1. The Morgan fingerprint density at radius 3 is 2.00 bits per heavy atom. The molecule has 2 aromatic rings. The molecule has 1 aliphatic heterocycles. The number of carbonyl (C=O) groups is 2. The minimum absolute atomic E-state index is 0.0206. The summed E-state index contributed by atoms with van der Waals surface area (Å²) in [7, 11) is -3.65. The highest BCUT2D eigenvalue weighted by atomic mass is 32.2. The first-order chi connectivity index (χ1) is 14.6. The molecule has 3 rings (SSSR count). The summed E-state index contributed by atoms with van der Waals surface area (Å²) in [6, 6.07) is 10.2. The number of sulfonamides is 1. The van der Waals surface area contributed by atoms with E-state index in [9.17, 15) is 18.0 Å². The van der Waals surface area contributed by atoms with Crippen LogP contribution in [0.25, 0.3) is 0 Å². The van der Waals surface area contributed by atoms with Gasteiger partial charge in [0.05, 0.1) is 10.6 Å². The normalized spacial score (nSPS) is 15.2. The van der Waals surface area contributed by atoms with Crippen molar-refractivity contribution in [2.45, 2.75) is 37.5 Å². The first kappa shape index (κ1) is 23.5. The number of benzene rings is 2. The smallest absolute Gasteiger partial charge is 0.243 e. The zero-order valence-electron chi connectivity index (χ0n) is 18.3. The van der Waals surface area contributed by atoms with E-state index in [0.29, 0.717) is 24.4 Å². The Morgan fingerprint density at radius 2 is 1.48 bits per heavy atom. The molecule has 31 heavy (non-hydrogen) atoms. The van der Waals surface area contributed by atoms with Crippen LogP contribution in [0.5, 0.6) is 0 Å². The van der Waals surface area contributed by atoms with Crippen LogP contribution in [0.15, 0.2) is 46.2 Å². The molecule has 0 aromatic heterocycles. The fourth-order valence-corrected chi connectivity index (χ4v) is 6.25. The van der Waals surface area contributed by atoms with E-state index in [1.165, 1.54) is 52.2 Å². The quantitative estimate of drug-likeness (QED) is 0.488. The van der Waals surface area contributed by atoms with Crippen molar-refractivity contribution >= 4 is 33.5 Å². The Morgan fingerprint density at radius 1 is 0.935 bits per heavy atom. The van der Waals surface area contributed by atoms with Crippen molar-refractivity contribution in [3.63, 3.8) is 0 Å². The van der Waals surface area contributed by atoms with Crippen LogP contribution in [0, 0.1) is 20.8 Å². The van der Waals surface area contributed by atoms with Gasteiger partial charge in [-0.2, -0.15) is 4.31 Å². The number of carbonyl (C=O) groups excluding carboxylic acids is 2. The summed E-state index contributed by atoms with van der Waals surface area (Å²) >= 11 is 1.54. The van der Waals surface area contributed by atoms with Crippen molar-refractivity contribution in [2.24, 2.45) is 0 Å². The van der Waals surface area contributed by atoms with Crippen LogP contribution >= 0.6 is 11.8 Å². The Hall–Kier alpha value is -2.16. The van der Waals surface area contributed by atoms with Crippen LogP contribution in [-0.4, -0.2) is 61.2 Å². The predicted molar refractivity (Wildman–Crippen MR) is 123 cm³/mol. The molecule has 1 saturated heterocycles. The molecule has 0 saturated carbocycles. The van der Waals surface area contributed by atoms with E-state index in [2.05, 4.69) is 32.9 Å². The Kier molecular flexibility index (Phi) is 7.24. The lowest BCUT2D eigenvalue weighted by Crippen LogP contribution is -2.50. The number of thioether (sulfide) groups is 1. The monoisotopic (exact) mass is 460 g/mol. The second-order valence-corrected chi connectivity index (χ2v) is 10.8. The molecular formula is C23H28N2O4S2. The third-order valence-electron chi connectivity index (χ3n) is 5.43. The Labute approximate surface area is 188 Å². The van der Waals surface area contributed by atoms with Gasteiger partial charge in [0, 0.05) is 36.6 Å². The Balaban J connectivity index is 1.58. The van der Waals surface area contributed by atoms with Crippen LogP contribution in [-0.2, 0) is 14.8 Å². The van der Waals surface area contributed by atoms with Gasteiger partial charge in [0.25, 0.3) is 0 Å². The lowest BCUT2D eigenvalue weighted by Gasteiger charge is -2.34. The fraction of sp³-hybridized carbons (Fsp3) is 0.391. The van der Waals surface area contributed by atoms with Gasteiger partial charge in [0.1, 0.15) is 0 Å². The van der Waals surface area contributed by atoms with Gasteiger partial charge in [0.15, 0.2) is 5.78 Å². The maximum atomic E-state index is 12.9. The van der Waals surface area contributed by atoms with E-state index in [1.807, 2.05) is 0 Å². The van der Waals surface area contributed by atoms with Crippen LogP contribution in [0.1, 0.15) is 34.0 Å². The second kappa shape index (κ2) is 9.54. The van der Waals surface area contributed by atoms with Crippen LogP contribution in [0.2, 0.25) is 0 Å². The fourth-order valence-electron chi connectivity index (χ4n) is 3.81. The molecule has 8 heteroatoms. The van der Waals surface area contributed by atoms with E-state index >= 15 is 0 Å². The maximum absolute atomic E-state index is 12.9. The molecule has 1 aliphatic rings.